The molecule has 0 radical (unpaired) electrons. The maximum atomic E-state index is 11.7. The van der Waals surface area contributed by atoms with Crippen LogP contribution in [0.2, 0.25) is 0 Å². The molecule has 5 nitrogen and oxygen atoms in total. The van der Waals surface area contributed by atoms with Crippen LogP contribution in [0.4, 0.5) is 0 Å². The molecular formula is C10H11BrN2O3. The van der Waals surface area contributed by atoms with Gasteiger partial charge in [-0.25, -0.2) is 0 Å². The summed E-state index contributed by atoms with van der Waals surface area (Å²) in [4.78, 5) is 22.4. The minimum Gasteiger partial charge on any atom is -0.359 e. The van der Waals surface area contributed by atoms with E-state index >= 15 is 0 Å². The highest BCUT2D eigenvalue weighted by atomic mass is 79.9. The van der Waals surface area contributed by atoms with Crippen molar-refractivity contribution in [1.82, 2.24) is 9.88 Å². The number of hydrogen-bond donors (Lipinski definition) is 1. The monoisotopic (exact) mass is 286 g/mol. The Balaban J connectivity index is 2.47. The van der Waals surface area contributed by atoms with E-state index in [0.717, 1.165) is 10.9 Å². The highest BCUT2D eigenvalue weighted by Gasteiger charge is 2.34. The number of aromatic nitrogens is 1. The molecule has 2 rings (SSSR count). The molecular weight excluding hydrogens is 276 g/mol. The first-order valence-corrected chi connectivity index (χ1v) is 5.62. The van der Waals surface area contributed by atoms with Crippen molar-refractivity contribution in [3.8, 4) is 0 Å². The van der Waals surface area contributed by atoms with Gasteiger partial charge in [-0.2, -0.15) is 0 Å². The van der Waals surface area contributed by atoms with Gasteiger partial charge in [0.05, 0.1) is 10.6 Å². The molecule has 1 aromatic heterocycles. The molecule has 6 heteroatoms. The molecule has 0 aromatic carbocycles. The van der Waals surface area contributed by atoms with Gasteiger partial charge in [0.2, 0.25) is 0 Å². The zero-order valence-electron chi connectivity index (χ0n) is 8.64. The first-order chi connectivity index (χ1) is 7.69. The lowest BCUT2D eigenvalue weighted by Crippen LogP contribution is -2.48. The number of fused-ring (bicyclic) bond motifs is 1. The van der Waals surface area contributed by atoms with E-state index in [2.05, 4.69) is 21.2 Å². The lowest BCUT2D eigenvalue weighted by Gasteiger charge is -2.33. The Morgan fingerprint density at radius 2 is 2.38 bits per heavy atom. The summed E-state index contributed by atoms with van der Waals surface area (Å²) in [6.07, 6.45) is 0.637. The summed E-state index contributed by atoms with van der Waals surface area (Å²) < 4.78 is 7.72. The second kappa shape index (κ2) is 4.39. The van der Waals surface area contributed by atoms with Gasteiger partial charge in [0.1, 0.15) is 12.0 Å². The largest absolute Gasteiger partial charge is 0.359 e. The molecule has 1 N–H and O–H groups in total. The molecule has 1 aliphatic heterocycles. The third-order valence-corrected chi connectivity index (χ3v) is 3.29. The van der Waals surface area contributed by atoms with Crippen molar-refractivity contribution in [3.05, 3.63) is 22.4 Å². The normalized spacial score (nSPS) is 23.8. The summed E-state index contributed by atoms with van der Waals surface area (Å²) in [5, 5.41) is 2.71. The van der Waals surface area contributed by atoms with Crippen LogP contribution in [0.3, 0.4) is 0 Å². The van der Waals surface area contributed by atoms with Crippen molar-refractivity contribution < 1.29 is 14.3 Å². The molecule has 2 atom stereocenters. The summed E-state index contributed by atoms with van der Waals surface area (Å²) in [7, 11) is 1.51. The maximum absolute atomic E-state index is 11.7. The summed E-state index contributed by atoms with van der Waals surface area (Å²) in [6, 6.07) is 3.29. The van der Waals surface area contributed by atoms with Crippen molar-refractivity contribution in [1.29, 1.82) is 0 Å². The van der Waals surface area contributed by atoms with Crippen molar-refractivity contribution >= 4 is 28.1 Å². The summed E-state index contributed by atoms with van der Waals surface area (Å²) >= 11 is 3.36. The average molecular weight is 287 g/mol. The van der Waals surface area contributed by atoms with Gasteiger partial charge in [0.25, 0.3) is 5.91 Å². The number of nitrogens with one attached hydrogen (secondary N) is 1. The Kier molecular flexibility index (Phi) is 3.11. The number of carbonyl (C=O) groups excluding carboxylic acids is 2. The number of halogens is 1. The van der Waals surface area contributed by atoms with Gasteiger partial charge in [-0.15, -0.1) is 0 Å². The number of aldehydes is 1. The Hall–Kier alpha value is -1.14. The topological polar surface area (TPSA) is 60.3 Å². The first-order valence-electron chi connectivity index (χ1n) is 4.83. The Labute approximate surface area is 101 Å². The molecule has 0 saturated carbocycles. The second-order valence-electron chi connectivity index (χ2n) is 3.51. The van der Waals surface area contributed by atoms with Gasteiger partial charge in [-0.3, -0.25) is 4.79 Å². The van der Waals surface area contributed by atoms with Crippen LogP contribution in [-0.2, 0) is 9.53 Å². The van der Waals surface area contributed by atoms with Crippen LogP contribution in [0, 0.1) is 0 Å². The Morgan fingerprint density at radius 3 is 3.00 bits per heavy atom. The molecule has 86 valence electrons. The van der Waals surface area contributed by atoms with Crippen LogP contribution in [-0.4, -0.2) is 30.1 Å². The first kappa shape index (κ1) is 11.3. The van der Waals surface area contributed by atoms with Crippen LogP contribution in [0.1, 0.15) is 23.0 Å². The highest BCUT2D eigenvalue weighted by molar-refractivity contribution is 9.10. The minimum atomic E-state index is -0.478. The Morgan fingerprint density at radius 1 is 1.62 bits per heavy atom. The highest BCUT2D eigenvalue weighted by Crippen LogP contribution is 2.29. The number of ether oxygens (including phenoxy) is 1. The summed E-state index contributed by atoms with van der Waals surface area (Å²) in [5.74, 6) is -0.195. The predicted octanol–water partition coefficient (Wildman–Crippen LogP) is 1.10. The lowest BCUT2D eigenvalue weighted by atomic mass is 10.1. The molecule has 1 amide bonds. The van der Waals surface area contributed by atoms with E-state index in [4.69, 9.17) is 4.74 Å². The van der Waals surface area contributed by atoms with E-state index in [1.807, 2.05) is 0 Å². The molecule has 1 aromatic rings. The van der Waals surface area contributed by atoms with Crippen LogP contribution >= 0.6 is 15.9 Å². The number of hydrogen-bond acceptors (Lipinski definition) is 3. The zero-order chi connectivity index (χ0) is 11.7. The summed E-state index contributed by atoms with van der Waals surface area (Å²) in [6.45, 7) is 0. The van der Waals surface area contributed by atoms with Crippen LogP contribution in [0.25, 0.3) is 0 Å². The third kappa shape index (κ3) is 1.68. The number of carbonyl (C=O) groups is 2. The van der Waals surface area contributed by atoms with Crippen LogP contribution in [0.15, 0.2) is 16.7 Å². The smallest absolute Gasteiger partial charge is 0.269 e. The number of nitrogens with zero attached hydrogens (tertiary/aromatic N) is 1. The molecule has 2 unspecified atom stereocenters. The molecule has 0 fully saturated rings. The van der Waals surface area contributed by atoms with Gasteiger partial charge in [0, 0.05) is 13.5 Å². The molecule has 0 aliphatic carbocycles. The fourth-order valence-electron chi connectivity index (χ4n) is 1.92. The maximum Gasteiger partial charge on any atom is 0.269 e. The van der Waals surface area contributed by atoms with E-state index in [9.17, 15) is 9.59 Å². The van der Waals surface area contributed by atoms with Gasteiger partial charge < -0.3 is 19.4 Å². The SMILES string of the molecule is COC1NC(=O)c2ccc(Br)n2C1CC=O. The fourth-order valence-corrected chi connectivity index (χ4v) is 2.51. The molecule has 1 aliphatic rings. The van der Waals surface area contributed by atoms with Crippen LogP contribution in [0.5, 0.6) is 0 Å². The predicted molar refractivity (Wildman–Crippen MR) is 60.1 cm³/mol. The quantitative estimate of drug-likeness (QED) is 0.847. The van der Waals surface area contributed by atoms with Gasteiger partial charge in [-0.1, -0.05) is 0 Å². The average Bonchev–Trinajstić information content (AvgIpc) is 2.65. The van der Waals surface area contributed by atoms with E-state index in [-0.39, 0.29) is 11.9 Å². The van der Waals surface area contributed by atoms with E-state index < -0.39 is 6.23 Å². The molecule has 2 heterocycles. The summed E-state index contributed by atoms with van der Waals surface area (Å²) in [5.41, 5.74) is 0.534. The van der Waals surface area contributed by atoms with Crippen molar-refractivity contribution in [2.45, 2.75) is 18.7 Å². The number of amides is 1. The lowest BCUT2D eigenvalue weighted by molar-refractivity contribution is -0.109. The van der Waals surface area contributed by atoms with Gasteiger partial charge in [-0.05, 0) is 28.1 Å². The van der Waals surface area contributed by atoms with Crippen molar-refractivity contribution in [3.63, 3.8) is 0 Å². The van der Waals surface area contributed by atoms with E-state index in [0.29, 0.717) is 12.1 Å². The standard InChI is InChI=1S/C10H11BrN2O3/c1-16-10-7(4-5-14)13-6(9(15)12-10)2-3-8(13)11/h2-3,5,7,10H,4H2,1H3,(H,12,15). The van der Waals surface area contributed by atoms with Crippen LogP contribution < -0.4 is 5.32 Å². The molecule has 0 saturated heterocycles. The zero-order valence-corrected chi connectivity index (χ0v) is 10.2. The van der Waals surface area contributed by atoms with Crippen molar-refractivity contribution in [2.75, 3.05) is 7.11 Å². The minimum absolute atomic E-state index is 0.195. The molecule has 0 bridgehead atoms. The number of methoxy groups -OCH3 is 1. The molecule has 0 spiro atoms. The second-order valence-corrected chi connectivity index (χ2v) is 4.32. The van der Waals surface area contributed by atoms with Gasteiger partial charge >= 0.3 is 0 Å². The third-order valence-electron chi connectivity index (χ3n) is 2.65. The van der Waals surface area contributed by atoms with Crippen molar-refractivity contribution in [2.24, 2.45) is 0 Å². The van der Waals surface area contributed by atoms with E-state index in [1.165, 1.54) is 7.11 Å². The Bertz CT molecular complexity index is 430. The number of rotatable bonds is 3. The van der Waals surface area contributed by atoms with E-state index in [1.54, 1.807) is 16.7 Å². The van der Waals surface area contributed by atoms with Gasteiger partial charge in [0.15, 0.2) is 6.23 Å². The fraction of sp³-hybridized carbons (Fsp3) is 0.400. The molecule has 16 heavy (non-hydrogen) atoms.